The summed E-state index contributed by atoms with van der Waals surface area (Å²) in [6.45, 7) is 5.67. The third kappa shape index (κ3) is 5.37. The fraction of sp³-hybridized carbons (Fsp3) is 0.348. The molecule has 0 radical (unpaired) electrons. The predicted molar refractivity (Wildman–Crippen MR) is 113 cm³/mol. The average Bonchev–Trinajstić information content (AvgIpc) is 3.17. The lowest BCUT2D eigenvalue weighted by atomic mass is 10.1. The van der Waals surface area contributed by atoms with Crippen LogP contribution in [-0.2, 0) is 11.3 Å². The smallest absolute Gasteiger partial charge is 0.354 e. The molecule has 0 saturated heterocycles. The summed E-state index contributed by atoms with van der Waals surface area (Å²) in [4.78, 5) is 17.0. The lowest BCUT2D eigenvalue weighted by molar-refractivity contribution is 0.0547. The molecule has 1 heterocycles. The van der Waals surface area contributed by atoms with E-state index in [1.807, 2.05) is 36.4 Å². The Morgan fingerprint density at radius 3 is 2.59 bits per heavy atom. The Kier molecular flexibility index (Phi) is 6.90. The molecule has 1 atom stereocenters. The van der Waals surface area contributed by atoms with E-state index in [0.717, 1.165) is 17.4 Å². The van der Waals surface area contributed by atoms with Gasteiger partial charge < -0.3 is 19.6 Å². The first-order valence-corrected chi connectivity index (χ1v) is 9.76. The van der Waals surface area contributed by atoms with Gasteiger partial charge in [-0.2, -0.15) is 0 Å². The minimum Gasteiger partial charge on any atom is -0.490 e. The number of aliphatic hydroxyl groups excluding tert-OH is 1. The zero-order valence-corrected chi connectivity index (χ0v) is 17.1. The number of nitrogens with one attached hydrogen (secondary N) is 1. The fourth-order valence-corrected chi connectivity index (χ4v) is 3.26. The van der Waals surface area contributed by atoms with Gasteiger partial charge in [-0.05, 0) is 37.6 Å². The lowest BCUT2D eigenvalue weighted by Gasteiger charge is -2.28. The Hall–Kier alpha value is -2.83. The number of ether oxygens (including phenoxy) is 2. The molecule has 0 saturated carbocycles. The van der Waals surface area contributed by atoms with E-state index in [4.69, 9.17) is 9.47 Å². The minimum atomic E-state index is -0.643. The van der Waals surface area contributed by atoms with Gasteiger partial charge in [0.1, 0.15) is 24.2 Å². The van der Waals surface area contributed by atoms with E-state index in [1.165, 1.54) is 12.7 Å². The van der Waals surface area contributed by atoms with Crippen LogP contribution in [0.1, 0.15) is 29.9 Å². The number of hydrogen-bond donors (Lipinski definition) is 2. The van der Waals surface area contributed by atoms with Gasteiger partial charge in [0.05, 0.1) is 7.11 Å². The van der Waals surface area contributed by atoms with Crippen molar-refractivity contribution in [3.63, 3.8) is 0 Å². The molecule has 0 aliphatic rings. The molecule has 0 fully saturated rings. The van der Waals surface area contributed by atoms with E-state index < -0.39 is 12.1 Å². The van der Waals surface area contributed by atoms with Crippen LogP contribution in [0.4, 0.5) is 0 Å². The zero-order chi connectivity index (χ0) is 20.8. The molecule has 0 bridgehead atoms. The van der Waals surface area contributed by atoms with E-state index in [2.05, 4.69) is 35.9 Å². The molecular weight excluding hydrogens is 368 g/mol. The van der Waals surface area contributed by atoms with Crippen LogP contribution in [0.5, 0.6) is 5.75 Å². The van der Waals surface area contributed by atoms with E-state index in [-0.39, 0.29) is 6.61 Å². The number of H-pyrrole nitrogens is 1. The number of hydrogen-bond acceptors (Lipinski definition) is 5. The Morgan fingerprint density at radius 2 is 1.90 bits per heavy atom. The molecule has 29 heavy (non-hydrogen) atoms. The van der Waals surface area contributed by atoms with Gasteiger partial charge in [-0.25, -0.2) is 4.79 Å². The van der Waals surface area contributed by atoms with Gasteiger partial charge in [0, 0.05) is 30.0 Å². The quantitative estimate of drug-likeness (QED) is 0.541. The Morgan fingerprint density at radius 1 is 1.14 bits per heavy atom. The summed E-state index contributed by atoms with van der Waals surface area (Å²) in [5.74, 6) is 0.188. The molecule has 154 valence electrons. The van der Waals surface area contributed by atoms with Crippen LogP contribution in [0.25, 0.3) is 10.9 Å². The Labute approximate surface area is 171 Å². The van der Waals surface area contributed by atoms with Crippen molar-refractivity contribution in [3.8, 4) is 5.75 Å². The van der Waals surface area contributed by atoms with Crippen LogP contribution in [-0.4, -0.2) is 53.4 Å². The van der Waals surface area contributed by atoms with Gasteiger partial charge in [-0.3, -0.25) is 4.90 Å². The van der Waals surface area contributed by atoms with Crippen LogP contribution >= 0.6 is 0 Å². The van der Waals surface area contributed by atoms with Crippen molar-refractivity contribution in [2.24, 2.45) is 0 Å². The van der Waals surface area contributed by atoms with E-state index in [1.54, 1.807) is 6.07 Å². The normalized spacial score (nSPS) is 12.5. The van der Waals surface area contributed by atoms with Crippen molar-refractivity contribution in [1.82, 2.24) is 9.88 Å². The number of benzene rings is 2. The minimum absolute atomic E-state index is 0.163. The molecule has 2 N–H and O–H groups in total. The number of aromatic amines is 1. The third-order valence-corrected chi connectivity index (χ3v) is 4.86. The second kappa shape index (κ2) is 9.58. The van der Waals surface area contributed by atoms with Crippen LogP contribution in [0.3, 0.4) is 0 Å². The number of carbonyl (C=O) groups is 1. The Balaban J connectivity index is 1.64. The number of aliphatic hydroxyl groups is 1. The van der Waals surface area contributed by atoms with Crippen molar-refractivity contribution in [1.29, 1.82) is 0 Å². The number of rotatable bonds is 9. The highest BCUT2D eigenvalue weighted by molar-refractivity contribution is 5.97. The lowest BCUT2D eigenvalue weighted by Crippen LogP contribution is -2.39. The first-order valence-electron chi connectivity index (χ1n) is 9.76. The van der Waals surface area contributed by atoms with Gasteiger partial charge in [-0.15, -0.1) is 0 Å². The molecule has 0 aliphatic heterocycles. The monoisotopic (exact) mass is 396 g/mol. The maximum Gasteiger partial charge on any atom is 0.354 e. The average molecular weight is 396 g/mol. The molecule has 6 nitrogen and oxygen atoms in total. The summed E-state index contributed by atoms with van der Waals surface area (Å²) >= 11 is 0. The van der Waals surface area contributed by atoms with Crippen molar-refractivity contribution in [2.75, 3.05) is 20.3 Å². The third-order valence-electron chi connectivity index (χ3n) is 4.86. The second-order valence-corrected chi connectivity index (χ2v) is 7.37. The maximum absolute atomic E-state index is 11.8. The molecule has 0 spiro atoms. The maximum atomic E-state index is 11.8. The van der Waals surface area contributed by atoms with Crippen LogP contribution < -0.4 is 4.74 Å². The topological polar surface area (TPSA) is 74.8 Å². The van der Waals surface area contributed by atoms with Crippen molar-refractivity contribution in [2.45, 2.75) is 32.5 Å². The summed E-state index contributed by atoms with van der Waals surface area (Å²) in [6, 6.07) is 17.8. The molecular formula is C23H28N2O4. The van der Waals surface area contributed by atoms with Crippen molar-refractivity contribution < 1.29 is 19.4 Å². The summed E-state index contributed by atoms with van der Waals surface area (Å²) in [5.41, 5.74) is 2.36. The van der Waals surface area contributed by atoms with Crippen LogP contribution in [0.2, 0.25) is 0 Å². The van der Waals surface area contributed by atoms with E-state index in [9.17, 15) is 9.90 Å². The van der Waals surface area contributed by atoms with E-state index in [0.29, 0.717) is 24.0 Å². The predicted octanol–water partition coefficient (Wildman–Crippen LogP) is 3.60. The number of nitrogens with zero attached hydrogens (tertiary/aromatic N) is 1. The highest BCUT2D eigenvalue weighted by atomic mass is 16.5. The van der Waals surface area contributed by atoms with Crippen molar-refractivity contribution in [3.05, 3.63) is 65.9 Å². The summed E-state index contributed by atoms with van der Waals surface area (Å²) in [6.07, 6.45) is -0.643. The fourth-order valence-electron chi connectivity index (χ4n) is 3.26. The highest BCUT2D eigenvalue weighted by Gasteiger charge is 2.17. The standard InChI is InChI=1S/C23H28N2O4/c1-16(2)25(13-17-8-5-4-6-9-17)14-18(26)15-29-22-11-7-10-20-19(22)12-21(24-20)23(27)28-3/h4-12,16,18,24,26H,13-15H2,1-3H3. The number of carbonyl (C=O) groups excluding carboxylic acids is 1. The van der Waals surface area contributed by atoms with Gasteiger partial charge in [0.15, 0.2) is 0 Å². The van der Waals surface area contributed by atoms with Crippen LogP contribution in [0.15, 0.2) is 54.6 Å². The molecule has 0 aliphatic carbocycles. The van der Waals surface area contributed by atoms with Gasteiger partial charge >= 0.3 is 5.97 Å². The second-order valence-electron chi connectivity index (χ2n) is 7.37. The molecule has 3 rings (SSSR count). The number of methoxy groups -OCH3 is 1. The number of aromatic nitrogens is 1. The van der Waals surface area contributed by atoms with Gasteiger partial charge in [-0.1, -0.05) is 36.4 Å². The molecule has 1 aromatic heterocycles. The SMILES string of the molecule is COC(=O)c1cc2c(OCC(O)CN(Cc3ccccc3)C(C)C)cccc2[nH]1. The molecule has 6 heteroatoms. The number of esters is 1. The molecule has 0 amide bonds. The molecule has 2 aromatic carbocycles. The number of fused-ring (bicyclic) bond motifs is 1. The first-order chi connectivity index (χ1) is 14.0. The van der Waals surface area contributed by atoms with Crippen molar-refractivity contribution >= 4 is 16.9 Å². The van der Waals surface area contributed by atoms with Crippen LogP contribution in [0, 0.1) is 0 Å². The van der Waals surface area contributed by atoms with E-state index >= 15 is 0 Å². The largest absolute Gasteiger partial charge is 0.490 e. The molecule has 1 unspecified atom stereocenters. The summed E-state index contributed by atoms with van der Waals surface area (Å²) in [5, 5.41) is 11.3. The molecule has 3 aromatic rings. The van der Waals surface area contributed by atoms with Gasteiger partial charge in [0.2, 0.25) is 0 Å². The summed E-state index contributed by atoms with van der Waals surface area (Å²) in [7, 11) is 1.34. The first kappa shape index (κ1) is 20.9. The Bertz CT molecular complexity index is 936. The zero-order valence-electron chi connectivity index (χ0n) is 17.1. The van der Waals surface area contributed by atoms with Gasteiger partial charge in [0.25, 0.3) is 0 Å². The summed E-state index contributed by atoms with van der Waals surface area (Å²) < 4.78 is 10.7. The highest BCUT2D eigenvalue weighted by Crippen LogP contribution is 2.27.